The minimum atomic E-state index is 0.352. The van der Waals surface area contributed by atoms with Crippen molar-refractivity contribution in [3.63, 3.8) is 0 Å². The van der Waals surface area contributed by atoms with Crippen molar-refractivity contribution in [1.29, 1.82) is 0 Å². The van der Waals surface area contributed by atoms with Gasteiger partial charge in [0.1, 0.15) is 0 Å². The lowest BCUT2D eigenvalue weighted by Crippen LogP contribution is -2.50. The average Bonchev–Trinajstić information content (AvgIpc) is 3.11. The molecule has 0 amide bonds. The predicted octanol–water partition coefficient (Wildman–Crippen LogP) is 3.47. The van der Waals surface area contributed by atoms with Crippen LogP contribution < -0.4 is 5.32 Å². The van der Waals surface area contributed by atoms with Gasteiger partial charge in [-0.1, -0.05) is 0 Å². The van der Waals surface area contributed by atoms with Crippen LogP contribution in [0.1, 0.15) is 31.1 Å². The molecule has 1 saturated carbocycles. The Balaban J connectivity index is 1.67. The van der Waals surface area contributed by atoms with Crippen molar-refractivity contribution in [2.75, 3.05) is 19.6 Å². The Morgan fingerprint density at radius 1 is 1.50 bits per heavy atom. The Morgan fingerprint density at radius 2 is 2.33 bits per heavy atom. The zero-order valence-corrected chi connectivity index (χ0v) is 13.3. The molecule has 0 spiro atoms. The standard InChI is InChI=1S/C14H21BrN2S/c1-14(11-3-4-11)10-17(8-2-7-16-14)9-12-5-6-13(15)18-12/h5-6,11,16H,2-4,7-10H2,1H3. The lowest BCUT2D eigenvalue weighted by molar-refractivity contribution is 0.196. The summed E-state index contributed by atoms with van der Waals surface area (Å²) >= 11 is 5.42. The average molecular weight is 329 g/mol. The molecule has 1 atom stereocenters. The molecular weight excluding hydrogens is 308 g/mol. The van der Waals surface area contributed by atoms with Gasteiger partial charge in [-0.05, 0) is 73.3 Å². The van der Waals surface area contributed by atoms with Crippen LogP contribution in [-0.4, -0.2) is 30.1 Å². The molecule has 1 aromatic heterocycles. The lowest BCUT2D eigenvalue weighted by atomic mass is 9.95. The molecule has 0 radical (unpaired) electrons. The molecule has 1 aromatic rings. The van der Waals surface area contributed by atoms with Gasteiger partial charge in [0.15, 0.2) is 0 Å². The van der Waals surface area contributed by atoms with E-state index >= 15 is 0 Å². The van der Waals surface area contributed by atoms with Gasteiger partial charge in [-0.25, -0.2) is 0 Å². The summed E-state index contributed by atoms with van der Waals surface area (Å²) in [6.07, 6.45) is 4.11. The highest BCUT2D eigenvalue weighted by atomic mass is 79.9. The molecule has 1 N–H and O–H groups in total. The molecule has 2 fully saturated rings. The number of rotatable bonds is 3. The van der Waals surface area contributed by atoms with Crippen LogP contribution in [0.3, 0.4) is 0 Å². The Morgan fingerprint density at radius 3 is 3.00 bits per heavy atom. The first kappa shape index (κ1) is 13.1. The number of nitrogens with one attached hydrogen (secondary N) is 1. The molecule has 1 aliphatic heterocycles. The first-order valence-corrected chi connectivity index (χ1v) is 8.48. The Hall–Kier alpha value is 0.1000. The van der Waals surface area contributed by atoms with Crippen molar-refractivity contribution >= 4 is 27.3 Å². The third-order valence-corrected chi connectivity index (χ3v) is 5.83. The Labute approximate surface area is 122 Å². The first-order chi connectivity index (χ1) is 8.66. The van der Waals surface area contributed by atoms with Crippen molar-refractivity contribution in [1.82, 2.24) is 10.2 Å². The molecule has 2 heterocycles. The number of nitrogens with zero attached hydrogens (tertiary/aromatic N) is 1. The second kappa shape index (κ2) is 5.23. The van der Waals surface area contributed by atoms with Crippen LogP contribution in [0, 0.1) is 5.92 Å². The smallest absolute Gasteiger partial charge is 0.0701 e. The van der Waals surface area contributed by atoms with E-state index in [1.807, 2.05) is 11.3 Å². The van der Waals surface area contributed by atoms with Gasteiger partial charge in [0.05, 0.1) is 3.79 Å². The summed E-state index contributed by atoms with van der Waals surface area (Å²) in [5.74, 6) is 0.910. The molecular formula is C14H21BrN2S. The number of thiophene rings is 1. The molecule has 1 saturated heterocycles. The van der Waals surface area contributed by atoms with Crippen LogP contribution in [0.5, 0.6) is 0 Å². The van der Waals surface area contributed by atoms with E-state index in [1.54, 1.807) is 0 Å². The molecule has 4 heteroatoms. The third-order valence-electron chi connectivity index (χ3n) is 4.22. The van der Waals surface area contributed by atoms with Crippen molar-refractivity contribution in [2.24, 2.45) is 5.92 Å². The topological polar surface area (TPSA) is 15.3 Å². The van der Waals surface area contributed by atoms with E-state index in [0.717, 1.165) is 12.5 Å². The van der Waals surface area contributed by atoms with E-state index in [-0.39, 0.29) is 0 Å². The molecule has 2 aliphatic rings. The highest BCUT2D eigenvalue weighted by molar-refractivity contribution is 9.11. The molecule has 0 aromatic carbocycles. The minimum absolute atomic E-state index is 0.352. The van der Waals surface area contributed by atoms with Crippen molar-refractivity contribution < 1.29 is 0 Å². The van der Waals surface area contributed by atoms with E-state index < -0.39 is 0 Å². The van der Waals surface area contributed by atoms with Crippen molar-refractivity contribution in [3.05, 3.63) is 20.8 Å². The van der Waals surface area contributed by atoms with Gasteiger partial charge in [-0.15, -0.1) is 11.3 Å². The van der Waals surface area contributed by atoms with Gasteiger partial charge >= 0.3 is 0 Å². The zero-order valence-electron chi connectivity index (χ0n) is 10.9. The van der Waals surface area contributed by atoms with Gasteiger partial charge < -0.3 is 5.32 Å². The third kappa shape index (κ3) is 2.98. The highest BCUT2D eigenvalue weighted by Crippen LogP contribution is 2.40. The lowest BCUT2D eigenvalue weighted by Gasteiger charge is -2.33. The molecule has 2 nitrogen and oxygen atoms in total. The zero-order chi connectivity index (χ0) is 12.6. The normalized spacial score (nSPS) is 30.3. The number of hydrogen-bond acceptors (Lipinski definition) is 3. The highest BCUT2D eigenvalue weighted by Gasteiger charge is 2.42. The molecule has 18 heavy (non-hydrogen) atoms. The predicted molar refractivity (Wildman–Crippen MR) is 81.0 cm³/mol. The first-order valence-electron chi connectivity index (χ1n) is 6.87. The van der Waals surface area contributed by atoms with E-state index in [9.17, 15) is 0 Å². The second-order valence-electron chi connectivity index (χ2n) is 5.89. The summed E-state index contributed by atoms with van der Waals surface area (Å²) in [4.78, 5) is 4.11. The quantitative estimate of drug-likeness (QED) is 0.913. The Kier molecular flexibility index (Phi) is 3.81. The van der Waals surface area contributed by atoms with Crippen molar-refractivity contribution in [3.8, 4) is 0 Å². The summed E-state index contributed by atoms with van der Waals surface area (Å²) < 4.78 is 1.25. The van der Waals surface area contributed by atoms with Crippen molar-refractivity contribution in [2.45, 2.75) is 38.3 Å². The van der Waals surface area contributed by atoms with Crippen LogP contribution in [0.25, 0.3) is 0 Å². The largest absolute Gasteiger partial charge is 0.310 e. The second-order valence-corrected chi connectivity index (χ2v) is 8.44. The monoisotopic (exact) mass is 328 g/mol. The van der Waals surface area contributed by atoms with Gasteiger partial charge in [-0.2, -0.15) is 0 Å². The molecule has 3 rings (SSSR count). The fourth-order valence-corrected chi connectivity index (χ4v) is 4.59. The Bertz CT molecular complexity index is 416. The summed E-state index contributed by atoms with van der Waals surface area (Å²) in [6.45, 7) is 7.14. The minimum Gasteiger partial charge on any atom is -0.310 e. The number of hydrogen-bond donors (Lipinski definition) is 1. The summed E-state index contributed by atoms with van der Waals surface area (Å²) in [5, 5.41) is 3.79. The van der Waals surface area contributed by atoms with Crippen LogP contribution in [0.15, 0.2) is 15.9 Å². The van der Waals surface area contributed by atoms with Gasteiger partial charge in [-0.3, -0.25) is 4.90 Å². The van der Waals surface area contributed by atoms with Crippen LogP contribution >= 0.6 is 27.3 Å². The summed E-state index contributed by atoms with van der Waals surface area (Å²) in [5.41, 5.74) is 0.352. The molecule has 1 aliphatic carbocycles. The summed E-state index contributed by atoms with van der Waals surface area (Å²) in [7, 11) is 0. The van der Waals surface area contributed by atoms with E-state index in [2.05, 4.69) is 45.2 Å². The van der Waals surface area contributed by atoms with Crippen LogP contribution in [0.4, 0.5) is 0 Å². The van der Waals surface area contributed by atoms with Crippen LogP contribution in [-0.2, 0) is 6.54 Å². The maximum Gasteiger partial charge on any atom is 0.0701 e. The van der Waals surface area contributed by atoms with E-state index in [1.165, 1.54) is 47.6 Å². The van der Waals surface area contributed by atoms with E-state index in [0.29, 0.717) is 5.54 Å². The van der Waals surface area contributed by atoms with Gasteiger partial charge in [0.25, 0.3) is 0 Å². The summed E-state index contributed by atoms with van der Waals surface area (Å²) in [6, 6.07) is 4.41. The maximum atomic E-state index is 3.79. The fraction of sp³-hybridized carbons (Fsp3) is 0.714. The molecule has 0 bridgehead atoms. The van der Waals surface area contributed by atoms with Crippen LogP contribution in [0.2, 0.25) is 0 Å². The SMILES string of the molecule is CC1(C2CC2)CN(Cc2ccc(Br)s2)CCCN1. The number of halogens is 1. The van der Waals surface area contributed by atoms with Gasteiger partial charge in [0, 0.05) is 23.5 Å². The molecule has 1 unspecified atom stereocenters. The fourth-order valence-electron chi connectivity index (χ4n) is 3.06. The molecule has 100 valence electrons. The van der Waals surface area contributed by atoms with Gasteiger partial charge in [0.2, 0.25) is 0 Å². The van der Waals surface area contributed by atoms with E-state index in [4.69, 9.17) is 0 Å². The maximum absolute atomic E-state index is 3.79.